The van der Waals surface area contributed by atoms with Gasteiger partial charge in [-0.3, -0.25) is 4.79 Å². The van der Waals surface area contributed by atoms with E-state index in [4.69, 9.17) is 4.98 Å². The summed E-state index contributed by atoms with van der Waals surface area (Å²) in [5, 5.41) is 9.18. The number of amides is 2. The number of carbonyl (C=O) groups is 2. The number of nitrogens with one attached hydrogen (secondary N) is 1. The lowest BCUT2D eigenvalue weighted by atomic mass is 10.0. The molecule has 10 nitrogen and oxygen atoms in total. The van der Waals surface area contributed by atoms with Crippen molar-refractivity contribution in [2.24, 2.45) is 0 Å². The fraction of sp³-hybridized carbons (Fsp3) is 0.522. The van der Waals surface area contributed by atoms with Crippen molar-refractivity contribution in [2.45, 2.75) is 51.6 Å². The number of aromatic nitrogens is 4. The van der Waals surface area contributed by atoms with Gasteiger partial charge in [0.1, 0.15) is 16.3 Å². The summed E-state index contributed by atoms with van der Waals surface area (Å²) in [6.07, 6.45) is 6.47. The van der Waals surface area contributed by atoms with Crippen LogP contribution in [0.5, 0.6) is 0 Å². The second-order valence-electron chi connectivity index (χ2n) is 8.43. The first kappa shape index (κ1) is 23.9. The highest BCUT2D eigenvalue weighted by molar-refractivity contribution is 7.16. The Morgan fingerprint density at radius 1 is 1.26 bits per heavy atom. The quantitative estimate of drug-likeness (QED) is 0.547. The zero-order valence-electron chi connectivity index (χ0n) is 20.0. The molecule has 0 atom stereocenters. The summed E-state index contributed by atoms with van der Waals surface area (Å²) in [6.45, 7) is 5.37. The van der Waals surface area contributed by atoms with E-state index in [0.29, 0.717) is 43.5 Å². The fourth-order valence-electron chi connectivity index (χ4n) is 4.36. The zero-order chi connectivity index (χ0) is 24.2. The Hall–Kier alpha value is -3.21. The molecule has 0 bridgehead atoms. The highest BCUT2D eigenvalue weighted by atomic mass is 32.1. The van der Waals surface area contributed by atoms with Gasteiger partial charge in [0.15, 0.2) is 5.82 Å². The summed E-state index contributed by atoms with van der Waals surface area (Å²) in [7, 11) is 3.36. The molecule has 1 aliphatic rings. The molecule has 1 saturated heterocycles. The zero-order valence-corrected chi connectivity index (χ0v) is 20.8. The summed E-state index contributed by atoms with van der Waals surface area (Å²) >= 11 is 1.56. The SMILES string of the molecule is CCC(CC)N(C)c1cc(C(=O)N2CCC(NC(=O)OC)CC2)nc(-c2cnn3ccsc23)n1. The first-order valence-electron chi connectivity index (χ1n) is 11.6. The molecule has 1 N–H and O–H groups in total. The molecule has 0 spiro atoms. The lowest BCUT2D eigenvalue weighted by Gasteiger charge is -2.32. The number of carbonyl (C=O) groups excluding carboxylic acids is 2. The third-order valence-corrected chi connectivity index (χ3v) is 7.33. The summed E-state index contributed by atoms with van der Waals surface area (Å²) in [5.41, 5.74) is 1.18. The fourth-order valence-corrected chi connectivity index (χ4v) is 5.16. The van der Waals surface area contributed by atoms with Crippen LogP contribution in [0.15, 0.2) is 23.8 Å². The van der Waals surface area contributed by atoms with Gasteiger partial charge in [-0.15, -0.1) is 11.3 Å². The third-order valence-electron chi connectivity index (χ3n) is 6.45. The maximum absolute atomic E-state index is 13.5. The van der Waals surface area contributed by atoms with E-state index in [1.54, 1.807) is 33.0 Å². The topological polar surface area (TPSA) is 105 Å². The Morgan fingerprint density at radius 3 is 2.68 bits per heavy atom. The average molecular weight is 486 g/mol. The molecule has 0 aliphatic carbocycles. The van der Waals surface area contributed by atoms with Gasteiger partial charge in [0.05, 0.1) is 18.9 Å². The van der Waals surface area contributed by atoms with E-state index in [0.717, 1.165) is 29.1 Å². The third kappa shape index (κ3) is 4.84. The van der Waals surface area contributed by atoms with Crippen LogP contribution >= 0.6 is 11.3 Å². The summed E-state index contributed by atoms with van der Waals surface area (Å²) in [6, 6.07) is 2.09. The van der Waals surface area contributed by atoms with Gasteiger partial charge >= 0.3 is 6.09 Å². The number of methoxy groups -OCH3 is 1. The van der Waals surface area contributed by atoms with Gasteiger partial charge in [-0.25, -0.2) is 19.3 Å². The maximum Gasteiger partial charge on any atom is 0.407 e. The van der Waals surface area contributed by atoms with Gasteiger partial charge in [0.25, 0.3) is 5.91 Å². The predicted octanol–water partition coefficient (Wildman–Crippen LogP) is 3.44. The van der Waals surface area contributed by atoms with Crippen LogP contribution in [0.25, 0.3) is 16.2 Å². The molecule has 0 radical (unpaired) electrons. The number of piperidine rings is 1. The van der Waals surface area contributed by atoms with Gasteiger partial charge in [-0.2, -0.15) is 5.10 Å². The van der Waals surface area contributed by atoms with Gasteiger partial charge in [0.2, 0.25) is 0 Å². The summed E-state index contributed by atoms with van der Waals surface area (Å²) in [5.74, 6) is 1.09. The molecule has 1 fully saturated rings. The largest absolute Gasteiger partial charge is 0.453 e. The van der Waals surface area contributed by atoms with E-state index in [-0.39, 0.29) is 11.9 Å². The molecule has 182 valence electrons. The molecular weight excluding hydrogens is 454 g/mol. The molecule has 1 aliphatic heterocycles. The van der Waals surface area contributed by atoms with Crippen LogP contribution in [0.2, 0.25) is 0 Å². The van der Waals surface area contributed by atoms with Crippen LogP contribution in [0.3, 0.4) is 0 Å². The number of ether oxygens (including phenoxy) is 1. The van der Waals surface area contributed by atoms with Crippen LogP contribution in [-0.4, -0.2) is 75.8 Å². The Morgan fingerprint density at radius 2 is 2.00 bits per heavy atom. The number of anilines is 1. The monoisotopic (exact) mass is 485 g/mol. The van der Waals surface area contributed by atoms with Crippen molar-refractivity contribution < 1.29 is 14.3 Å². The highest BCUT2D eigenvalue weighted by Gasteiger charge is 2.27. The van der Waals surface area contributed by atoms with Gasteiger partial charge in [-0.1, -0.05) is 13.8 Å². The number of hydrogen-bond acceptors (Lipinski definition) is 8. The highest BCUT2D eigenvalue weighted by Crippen LogP contribution is 2.28. The summed E-state index contributed by atoms with van der Waals surface area (Å²) < 4.78 is 6.48. The van der Waals surface area contributed by atoms with E-state index < -0.39 is 6.09 Å². The van der Waals surface area contributed by atoms with Crippen molar-refractivity contribution >= 4 is 34.0 Å². The summed E-state index contributed by atoms with van der Waals surface area (Å²) in [4.78, 5) is 39.4. The molecule has 3 aromatic heterocycles. The van der Waals surface area contributed by atoms with Crippen molar-refractivity contribution in [3.63, 3.8) is 0 Å². The smallest absolute Gasteiger partial charge is 0.407 e. The van der Waals surface area contributed by atoms with Gasteiger partial charge < -0.3 is 19.9 Å². The van der Waals surface area contributed by atoms with E-state index in [9.17, 15) is 9.59 Å². The lowest BCUT2D eigenvalue weighted by Crippen LogP contribution is -2.46. The minimum absolute atomic E-state index is 0.00597. The Bertz CT molecular complexity index is 1150. The van der Waals surface area contributed by atoms with Crippen molar-refractivity contribution in [3.8, 4) is 11.4 Å². The van der Waals surface area contributed by atoms with Crippen molar-refractivity contribution in [1.82, 2.24) is 29.8 Å². The predicted molar refractivity (Wildman–Crippen MR) is 131 cm³/mol. The minimum atomic E-state index is -0.444. The second-order valence-corrected chi connectivity index (χ2v) is 9.32. The van der Waals surface area contributed by atoms with Crippen LogP contribution in [0.4, 0.5) is 10.6 Å². The van der Waals surface area contributed by atoms with Crippen LogP contribution in [0.1, 0.15) is 50.0 Å². The number of thiazole rings is 1. The van der Waals surface area contributed by atoms with E-state index in [2.05, 4.69) is 38.9 Å². The average Bonchev–Trinajstić information content (AvgIpc) is 3.48. The minimum Gasteiger partial charge on any atom is -0.453 e. The second kappa shape index (κ2) is 10.4. The molecule has 4 rings (SSSR count). The van der Waals surface area contributed by atoms with Crippen LogP contribution in [-0.2, 0) is 4.74 Å². The van der Waals surface area contributed by atoms with Crippen LogP contribution < -0.4 is 10.2 Å². The number of nitrogens with zero attached hydrogens (tertiary/aromatic N) is 6. The molecule has 2 amide bonds. The lowest BCUT2D eigenvalue weighted by molar-refractivity contribution is 0.0698. The molecule has 0 aromatic carbocycles. The van der Waals surface area contributed by atoms with Crippen molar-refractivity contribution in [2.75, 3.05) is 32.1 Å². The van der Waals surface area contributed by atoms with Crippen LogP contribution in [0, 0.1) is 0 Å². The van der Waals surface area contributed by atoms with E-state index in [1.165, 1.54) is 7.11 Å². The van der Waals surface area contributed by atoms with E-state index >= 15 is 0 Å². The number of alkyl carbamates (subject to hydrolysis) is 1. The first-order chi connectivity index (χ1) is 16.4. The van der Waals surface area contributed by atoms with Gasteiger partial charge in [0, 0.05) is 49.9 Å². The molecular formula is C23H31N7O3S. The molecule has 11 heteroatoms. The number of rotatable bonds is 7. The van der Waals surface area contributed by atoms with Crippen molar-refractivity contribution in [3.05, 3.63) is 29.5 Å². The van der Waals surface area contributed by atoms with E-state index in [1.807, 2.05) is 18.6 Å². The normalized spacial score (nSPS) is 14.6. The first-order valence-corrected chi connectivity index (χ1v) is 12.5. The van der Waals surface area contributed by atoms with Gasteiger partial charge in [-0.05, 0) is 25.7 Å². The molecule has 0 unspecified atom stereocenters. The van der Waals surface area contributed by atoms with Crippen molar-refractivity contribution in [1.29, 1.82) is 0 Å². The Labute approximate surface area is 202 Å². The number of likely N-dealkylation sites (tertiary alicyclic amines) is 1. The molecule has 34 heavy (non-hydrogen) atoms. The standard InChI is InChI=1S/C23H31N7O3S/c1-5-16(6-2)28(3)19-13-18(21(31)29-9-7-15(8-10-29)25-23(32)33-4)26-20(27-19)17-14-24-30-11-12-34-22(17)30/h11-16H,5-10H2,1-4H3,(H,25,32). The maximum atomic E-state index is 13.5. The molecule has 0 saturated carbocycles. The molecule has 4 heterocycles. The Balaban J connectivity index is 1.64. The number of fused-ring (bicyclic) bond motifs is 1. The molecule has 3 aromatic rings. The Kier molecular flexibility index (Phi) is 7.30. The number of hydrogen-bond donors (Lipinski definition) is 1.